The molecule has 0 aliphatic heterocycles. The number of aromatic nitrogens is 2. The van der Waals surface area contributed by atoms with E-state index in [9.17, 15) is 23.3 Å². The molecule has 0 spiro atoms. The van der Waals surface area contributed by atoms with Crippen molar-refractivity contribution in [3.63, 3.8) is 0 Å². The Morgan fingerprint density at radius 1 is 1.53 bits per heavy atom. The highest BCUT2D eigenvalue weighted by Gasteiger charge is 2.28. The van der Waals surface area contributed by atoms with Crippen molar-refractivity contribution in [3.8, 4) is 0 Å². The molecule has 108 valence electrons. The Labute approximate surface area is 111 Å². The molecule has 1 rings (SSSR count). The fraction of sp³-hybridized carbons (Fsp3) is 0.667. The number of anilines is 1. The molecular weight excluding hydrogens is 285 g/mol. The number of nitrogens with one attached hydrogen (secondary N) is 1. The molecule has 6 nitrogen and oxygen atoms in total. The van der Waals surface area contributed by atoms with Crippen LogP contribution >= 0.6 is 11.8 Å². The Hall–Kier alpha value is -1.45. The average Bonchev–Trinajstić information content (AvgIpc) is 2.59. The third-order valence-electron chi connectivity index (χ3n) is 2.24. The van der Waals surface area contributed by atoms with Gasteiger partial charge in [-0.15, -0.1) is 0 Å². The van der Waals surface area contributed by atoms with Crippen molar-refractivity contribution in [3.05, 3.63) is 15.8 Å². The van der Waals surface area contributed by atoms with Crippen molar-refractivity contribution in [2.24, 2.45) is 0 Å². The van der Waals surface area contributed by atoms with Gasteiger partial charge in [0.05, 0.1) is 4.92 Å². The van der Waals surface area contributed by atoms with E-state index < -0.39 is 10.4 Å². The molecule has 0 atom stereocenters. The second kappa shape index (κ2) is 6.13. The molecule has 1 aromatic heterocycles. The van der Waals surface area contributed by atoms with E-state index in [-0.39, 0.29) is 41.3 Å². The van der Waals surface area contributed by atoms with Gasteiger partial charge in [0.1, 0.15) is 5.69 Å². The van der Waals surface area contributed by atoms with Crippen LogP contribution in [0.1, 0.15) is 12.6 Å². The topological polar surface area (TPSA) is 73.0 Å². The van der Waals surface area contributed by atoms with Crippen molar-refractivity contribution in [2.75, 3.05) is 17.6 Å². The number of hydrogen-bond acceptors (Lipinski definition) is 5. The molecule has 1 heterocycles. The van der Waals surface area contributed by atoms with Gasteiger partial charge in [0.2, 0.25) is 5.82 Å². The first kappa shape index (κ1) is 15.6. The van der Waals surface area contributed by atoms with Gasteiger partial charge in [-0.05, 0) is 25.6 Å². The van der Waals surface area contributed by atoms with Crippen molar-refractivity contribution in [1.29, 1.82) is 0 Å². The molecule has 0 fully saturated rings. The van der Waals surface area contributed by atoms with E-state index in [1.54, 1.807) is 6.92 Å². The Balaban J connectivity index is 2.74. The summed E-state index contributed by atoms with van der Waals surface area (Å²) in [5.74, 6) is -0.0815. The van der Waals surface area contributed by atoms with Crippen LogP contribution in [0.3, 0.4) is 0 Å². The first-order valence-corrected chi connectivity index (χ1v) is 6.41. The van der Waals surface area contributed by atoms with E-state index in [1.165, 1.54) is 11.6 Å². The van der Waals surface area contributed by atoms with Crippen LogP contribution in [0.5, 0.6) is 0 Å². The zero-order valence-electron chi connectivity index (χ0n) is 10.3. The van der Waals surface area contributed by atoms with Crippen LogP contribution in [0, 0.1) is 17.0 Å². The van der Waals surface area contributed by atoms with Crippen LogP contribution in [0.25, 0.3) is 0 Å². The van der Waals surface area contributed by atoms with Crippen molar-refractivity contribution >= 4 is 23.3 Å². The number of aryl methyl sites for hydroxylation is 2. The predicted molar refractivity (Wildman–Crippen MR) is 66.3 cm³/mol. The van der Waals surface area contributed by atoms with Gasteiger partial charge in [0.15, 0.2) is 0 Å². The molecule has 1 aromatic rings. The Morgan fingerprint density at radius 3 is 2.63 bits per heavy atom. The number of halogens is 3. The highest BCUT2D eigenvalue weighted by atomic mass is 32.2. The molecular formula is C9H13F3N4O2S. The van der Waals surface area contributed by atoms with E-state index in [2.05, 4.69) is 10.4 Å². The van der Waals surface area contributed by atoms with Crippen LogP contribution in [-0.2, 0) is 6.54 Å². The van der Waals surface area contributed by atoms with Crippen LogP contribution < -0.4 is 5.32 Å². The number of nitrogens with zero attached hydrogens (tertiary/aromatic N) is 3. The molecule has 0 amide bonds. The lowest BCUT2D eigenvalue weighted by Crippen LogP contribution is -2.13. The lowest BCUT2D eigenvalue weighted by Gasteiger charge is -2.08. The fourth-order valence-corrected chi connectivity index (χ4v) is 1.97. The molecule has 0 saturated heterocycles. The van der Waals surface area contributed by atoms with Crippen LogP contribution in [0.15, 0.2) is 0 Å². The summed E-state index contributed by atoms with van der Waals surface area (Å²) in [6.07, 6.45) is 0. The van der Waals surface area contributed by atoms with Gasteiger partial charge in [0, 0.05) is 18.8 Å². The SMILES string of the molecule is CCn1nc(C)c([N+](=O)[O-])c1NCCSC(F)(F)F. The van der Waals surface area contributed by atoms with E-state index in [0.29, 0.717) is 6.54 Å². The van der Waals surface area contributed by atoms with Gasteiger partial charge in [-0.3, -0.25) is 10.1 Å². The maximum absolute atomic E-state index is 11.9. The Bertz CT molecular complexity index is 461. The molecule has 19 heavy (non-hydrogen) atoms. The summed E-state index contributed by atoms with van der Waals surface area (Å²) in [5, 5.41) is 17.5. The highest BCUT2D eigenvalue weighted by molar-refractivity contribution is 8.00. The molecule has 0 unspecified atom stereocenters. The minimum atomic E-state index is -4.30. The summed E-state index contributed by atoms with van der Waals surface area (Å²) in [6, 6.07) is 0. The first-order chi connectivity index (χ1) is 8.76. The van der Waals surface area contributed by atoms with E-state index in [0.717, 1.165) is 0 Å². The first-order valence-electron chi connectivity index (χ1n) is 5.42. The zero-order chi connectivity index (χ0) is 14.6. The van der Waals surface area contributed by atoms with Crippen LogP contribution in [0.2, 0.25) is 0 Å². The Morgan fingerprint density at radius 2 is 2.16 bits per heavy atom. The maximum Gasteiger partial charge on any atom is 0.441 e. The minimum absolute atomic E-state index is 0.0316. The molecule has 1 N–H and O–H groups in total. The summed E-state index contributed by atoms with van der Waals surface area (Å²) >= 11 is -0.175. The van der Waals surface area contributed by atoms with Crippen molar-refractivity contribution in [1.82, 2.24) is 9.78 Å². The number of alkyl halides is 3. The van der Waals surface area contributed by atoms with Gasteiger partial charge < -0.3 is 5.32 Å². The summed E-state index contributed by atoms with van der Waals surface area (Å²) < 4.78 is 37.2. The molecule has 0 aliphatic carbocycles. The largest absolute Gasteiger partial charge is 0.441 e. The summed E-state index contributed by atoms with van der Waals surface area (Å²) in [4.78, 5) is 10.3. The smallest absolute Gasteiger partial charge is 0.364 e. The van der Waals surface area contributed by atoms with Crippen LogP contribution in [-0.4, -0.2) is 32.5 Å². The second-order valence-corrected chi connectivity index (χ2v) is 4.74. The summed E-state index contributed by atoms with van der Waals surface area (Å²) in [7, 11) is 0. The third-order valence-corrected chi connectivity index (χ3v) is 2.97. The van der Waals surface area contributed by atoms with E-state index in [4.69, 9.17) is 0 Å². The van der Waals surface area contributed by atoms with Crippen LogP contribution in [0.4, 0.5) is 24.7 Å². The number of nitro groups is 1. The quantitative estimate of drug-likeness (QED) is 0.496. The monoisotopic (exact) mass is 298 g/mol. The standard InChI is InChI=1S/C9H13F3N4O2S/c1-3-15-8(7(16(17)18)6(2)14-15)13-4-5-19-9(10,11)12/h13H,3-5H2,1-2H3. The average molecular weight is 298 g/mol. The van der Waals surface area contributed by atoms with Crippen molar-refractivity contribution in [2.45, 2.75) is 25.9 Å². The summed E-state index contributed by atoms with van der Waals surface area (Å²) in [6.45, 7) is 3.59. The number of hydrogen-bond donors (Lipinski definition) is 1. The van der Waals surface area contributed by atoms with Gasteiger partial charge in [0.25, 0.3) is 0 Å². The predicted octanol–water partition coefficient (Wildman–Crippen LogP) is 2.78. The van der Waals surface area contributed by atoms with E-state index >= 15 is 0 Å². The Kier molecular flexibility index (Phi) is 5.04. The van der Waals surface area contributed by atoms with Gasteiger partial charge in [-0.1, -0.05) is 0 Å². The summed E-state index contributed by atoms with van der Waals surface area (Å²) in [5.41, 5.74) is -4.26. The number of rotatable bonds is 6. The molecule has 0 aliphatic rings. The molecule has 10 heteroatoms. The lowest BCUT2D eigenvalue weighted by molar-refractivity contribution is -0.384. The minimum Gasteiger partial charge on any atom is -0.364 e. The van der Waals surface area contributed by atoms with Crippen molar-refractivity contribution < 1.29 is 18.1 Å². The molecule has 0 saturated carbocycles. The third kappa shape index (κ3) is 4.30. The number of thioether (sulfide) groups is 1. The van der Waals surface area contributed by atoms with E-state index in [1.807, 2.05) is 0 Å². The molecule has 0 bridgehead atoms. The molecule has 0 aromatic carbocycles. The second-order valence-electron chi connectivity index (χ2n) is 3.58. The zero-order valence-corrected chi connectivity index (χ0v) is 11.1. The fourth-order valence-electron chi connectivity index (χ4n) is 1.53. The van der Waals surface area contributed by atoms with Gasteiger partial charge in [-0.25, -0.2) is 4.68 Å². The van der Waals surface area contributed by atoms with Gasteiger partial charge in [-0.2, -0.15) is 18.3 Å². The normalized spacial score (nSPS) is 11.6. The molecule has 0 radical (unpaired) electrons. The van der Waals surface area contributed by atoms with Gasteiger partial charge >= 0.3 is 11.2 Å². The highest BCUT2D eigenvalue weighted by Crippen LogP contribution is 2.31. The lowest BCUT2D eigenvalue weighted by atomic mass is 10.4. The maximum atomic E-state index is 11.9.